The maximum Gasteiger partial charge on any atom is 0.255 e. The molecule has 0 aliphatic rings. The van der Waals surface area contributed by atoms with Gasteiger partial charge < -0.3 is 20.1 Å². The summed E-state index contributed by atoms with van der Waals surface area (Å²) in [5.41, 5.74) is 2.06. The molecule has 1 amide bonds. The Morgan fingerprint density at radius 3 is 2.21 bits per heavy atom. The van der Waals surface area contributed by atoms with E-state index in [1.54, 1.807) is 25.4 Å². The quantitative estimate of drug-likeness (QED) is 0.614. The Bertz CT molecular complexity index is 923. The second-order valence-corrected chi connectivity index (χ2v) is 6.43. The van der Waals surface area contributed by atoms with Gasteiger partial charge >= 0.3 is 0 Å². The number of amides is 1. The van der Waals surface area contributed by atoms with Crippen LogP contribution in [0.25, 0.3) is 0 Å². The van der Waals surface area contributed by atoms with E-state index in [4.69, 9.17) is 9.47 Å². The zero-order chi connectivity index (χ0) is 19.9. The zero-order valence-corrected chi connectivity index (χ0v) is 16.1. The van der Waals surface area contributed by atoms with Gasteiger partial charge in [-0.1, -0.05) is 0 Å². The normalized spacial score (nSPS) is 10.4. The summed E-state index contributed by atoms with van der Waals surface area (Å²) in [6, 6.07) is 18.1. The van der Waals surface area contributed by atoms with Gasteiger partial charge in [-0.3, -0.25) is 4.79 Å². The highest BCUT2D eigenvalue weighted by Gasteiger charge is 2.08. The fraction of sp³-hybridized carbons (Fsp3) is 0.182. The van der Waals surface area contributed by atoms with E-state index < -0.39 is 0 Å². The summed E-state index contributed by atoms with van der Waals surface area (Å²) in [6.07, 6.45) is 1.70. The molecule has 1 heterocycles. The molecule has 144 valence electrons. The summed E-state index contributed by atoms with van der Waals surface area (Å²) in [5, 5.41) is 6.06. The molecule has 0 saturated heterocycles. The molecule has 0 unspecified atom stereocenters. The Morgan fingerprint density at radius 1 is 0.929 bits per heavy atom. The summed E-state index contributed by atoms with van der Waals surface area (Å²) in [5.74, 6) is 1.91. The minimum atomic E-state index is -0.210. The Morgan fingerprint density at radius 2 is 1.57 bits per heavy atom. The third-order valence-corrected chi connectivity index (χ3v) is 3.87. The predicted molar refractivity (Wildman–Crippen MR) is 111 cm³/mol. The van der Waals surface area contributed by atoms with E-state index in [9.17, 15) is 4.79 Å². The lowest BCUT2D eigenvalue weighted by molar-refractivity contribution is 0.102. The first-order chi connectivity index (χ1) is 13.5. The summed E-state index contributed by atoms with van der Waals surface area (Å²) < 4.78 is 10.8. The topological polar surface area (TPSA) is 72.5 Å². The standard InChI is InChI=1S/C22H23N3O3/c1-15(2)28-20-10-6-18(7-11-20)25-22(26)16-12-13-23-21(14-16)24-17-4-8-19(27-3)9-5-17/h4-15H,1-3H3,(H,23,24)(H,25,26). The van der Waals surface area contributed by atoms with E-state index >= 15 is 0 Å². The van der Waals surface area contributed by atoms with Gasteiger partial charge in [0.1, 0.15) is 17.3 Å². The average molecular weight is 377 g/mol. The van der Waals surface area contributed by atoms with Gasteiger partial charge in [-0.2, -0.15) is 0 Å². The molecule has 2 N–H and O–H groups in total. The highest BCUT2D eigenvalue weighted by molar-refractivity contribution is 6.04. The van der Waals surface area contributed by atoms with Crippen LogP contribution in [0.4, 0.5) is 17.2 Å². The van der Waals surface area contributed by atoms with Crippen LogP contribution in [0.3, 0.4) is 0 Å². The van der Waals surface area contributed by atoms with Crippen molar-refractivity contribution in [3.05, 3.63) is 72.4 Å². The fourth-order valence-electron chi connectivity index (χ4n) is 2.55. The van der Waals surface area contributed by atoms with Crippen LogP contribution >= 0.6 is 0 Å². The second-order valence-electron chi connectivity index (χ2n) is 6.43. The Hall–Kier alpha value is -3.54. The minimum absolute atomic E-state index is 0.105. The van der Waals surface area contributed by atoms with Gasteiger partial charge in [-0.25, -0.2) is 4.98 Å². The van der Waals surface area contributed by atoms with Crippen molar-refractivity contribution in [3.8, 4) is 11.5 Å². The number of nitrogens with zero attached hydrogens (tertiary/aromatic N) is 1. The molecule has 3 rings (SSSR count). The molecule has 28 heavy (non-hydrogen) atoms. The molecular formula is C22H23N3O3. The number of methoxy groups -OCH3 is 1. The van der Waals surface area contributed by atoms with Crippen molar-refractivity contribution in [1.29, 1.82) is 0 Å². The highest BCUT2D eigenvalue weighted by Crippen LogP contribution is 2.20. The molecular weight excluding hydrogens is 354 g/mol. The number of benzene rings is 2. The van der Waals surface area contributed by atoms with Crippen LogP contribution in [0, 0.1) is 0 Å². The van der Waals surface area contributed by atoms with Crippen molar-refractivity contribution in [1.82, 2.24) is 4.98 Å². The van der Waals surface area contributed by atoms with E-state index in [1.807, 2.05) is 62.4 Å². The molecule has 0 bridgehead atoms. The number of aromatic nitrogens is 1. The first-order valence-corrected chi connectivity index (χ1v) is 8.98. The Kier molecular flexibility index (Phi) is 6.11. The van der Waals surface area contributed by atoms with Crippen LogP contribution < -0.4 is 20.1 Å². The van der Waals surface area contributed by atoms with Crippen molar-refractivity contribution in [2.45, 2.75) is 20.0 Å². The van der Waals surface area contributed by atoms with Gasteiger partial charge in [0.25, 0.3) is 5.91 Å². The number of carbonyl (C=O) groups is 1. The van der Waals surface area contributed by atoms with E-state index in [1.165, 1.54) is 0 Å². The molecule has 0 radical (unpaired) electrons. The SMILES string of the molecule is COc1ccc(Nc2cc(C(=O)Nc3ccc(OC(C)C)cc3)ccn2)cc1. The maximum absolute atomic E-state index is 12.6. The molecule has 2 aromatic carbocycles. The Balaban J connectivity index is 1.66. The van der Waals surface area contributed by atoms with Crippen molar-refractivity contribution < 1.29 is 14.3 Å². The van der Waals surface area contributed by atoms with E-state index in [0.717, 1.165) is 17.2 Å². The van der Waals surface area contributed by atoms with Crippen LogP contribution in [0.15, 0.2) is 66.9 Å². The monoisotopic (exact) mass is 377 g/mol. The van der Waals surface area contributed by atoms with Crippen molar-refractivity contribution in [2.75, 3.05) is 17.7 Å². The van der Waals surface area contributed by atoms with Crippen LogP contribution in [0.5, 0.6) is 11.5 Å². The number of hydrogen-bond donors (Lipinski definition) is 2. The number of nitrogens with one attached hydrogen (secondary N) is 2. The summed E-state index contributed by atoms with van der Waals surface area (Å²) in [7, 11) is 1.62. The summed E-state index contributed by atoms with van der Waals surface area (Å²) in [4.78, 5) is 16.8. The van der Waals surface area contributed by atoms with Gasteiger partial charge in [0, 0.05) is 23.1 Å². The molecule has 0 saturated carbocycles. The van der Waals surface area contributed by atoms with Gasteiger partial charge in [0.15, 0.2) is 0 Å². The first kappa shape index (κ1) is 19.2. The summed E-state index contributed by atoms with van der Waals surface area (Å²) >= 11 is 0. The number of anilines is 3. The minimum Gasteiger partial charge on any atom is -0.497 e. The lowest BCUT2D eigenvalue weighted by Crippen LogP contribution is -2.12. The van der Waals surface area contributed by atoms with E-state index in [2.05, 4.69) is 15.6 Å². The molecule has 1 aromatic heterocycles. The highest BCUT2D eigenvalue weighted by atomic mass is 16.5. The lowest BCUT2D eigenvalue weighted by Gasteiger charge is -2.11. The van der Waals surface area contributed by atoms with Gasteiger partial charge in [0.2, 0.25) is 0 Å². The largest absolute Gasteiger partial charge is 0.497 e. The molecule has 6 heteroatoms. The zero-order valence-electron chi connectivity index (χ0n) is 16.1. The van der Waals surface area contributed by atoms with Gasteiger partial charge in [0.05, 0.1) is 13.2 Å². The van der Waals surface area contributed by atoms with Crippen LogP contribution in [-0.2, 0) is 0 Å². The fourth-order valence-corrected chi connectivity index (χ4v) is 2.55. The number of pyridine rings is 1. The molecule has 0 spiro atoms. The first-order valence-electron chi connectivity index (χ1n) is 8.98. The van der Waals surface area contributed by atoms with Gasteiger partial charge in [-0.15, -0.1) is 0 Å². The summed E-state index contributed by atoms with van der Waals surface area (Å²) in [6.45, 7) is 3.94. The molecule has 6 nitrogen and oxygen atoms in total. The van der Waals surface area contributed by atoms with Crippen molar-refractivity contribution in [3.63, 3.8) is 0 Å². The van der Waals surface area contributed by atoms with Crippen molar-refractivity contribution in [2.24, 2.45) is 0 Å². The number of carbonyl (C=O) groups excluding carboxylic acids is 1. The van der Waals surface area contributed by atoms with E-state index in [0.29, 0.717) is 17.1 Å². The Labute approximate surface area is 164 Å². The smallest absolute Gasteiger partial charge is 0.255 e. The molecule has 0 atom stereocenters. The second kappa shape index (κ2) is 8.90. The lowest BCUT2D eigenvalue weighted by atomic mass is 10.2. The third kappa shape index (κ3) is 5.23. The van der Waals surface area contributed by atoms with E-state index in [-0.39, 0.29) is 12.0 Å². The van der Waals surface area contributed by atoms with Crippen LogP contribution in [0.1, 0.15) is 24.2 Å². The molecule has 3 aromatic rings. The number of hydrogen-bond acceptors (Lipinski definition) is 5. The number of rotatable bonds is 7. The average Bonchev–Trinajstić information content (AvgIpc) is 2.70. The van der Waals surface area contributed by atoms with Crippen molar-refractivity contribution >= 4 is 23.1 Å². The van der Waals surface area contributed by atoms with Crippen LogP contribution in [0.2, 0.25) is 0 Å². The molecule has 0 aliphatic carbocycles. The van der Waals surface area contributed by atoms with Crippen LogP contribution in [-0.4, -0.2) is 24.1 Å². The molecule has 0 fully saturated rings. The molecule has 0 aliphatic heterocycles. The number of ether oxygens (including phenoxy) is 2. The third-order valence-electron chi connectivity index (χ3n) is 3.87. The predicted octanol–water partition coefficient (Wildman–Crippen LogP) is 4.87. The van der Waals surface area contributed by atoms with Gasteiger partial charge in [-0.05, 0) is 74.5 Å². The maximum atomic E-state index is 12.6.